The molecule has 1 N–H and O–H groups in total. The molecule has 1 aliphatic heterocycles. The molecule has 25 heavy (non-hydrogen) atoms. The second-order valence-electron chi connectivity index (χ2n) is 5.84. The average Bonchev–Trinajstić information content (AvgIpc) is 2.81. The van der Waals surface area contributed by atoms with Gasteiger partial charge in [-0.1, -0.05) is 23.7 Å². The maximum absolute atomic E-state index is 12.8. The molecule has 0 bridgehead atoms. The molecule has 0 saturated carbocycles. The molecule has 2 aromatic rings. The Hall–Kier alpha value is -2.53. The Morgan fingerprint density at radius 2 is 1.96 bits per heavy atom. The second kappa shape index (κ2) is 7.15. The lowest BCUT2D eigenvalue weighted by molar-refractivity contribution is -0.126. The van der Waals surface area contributed by atoms with E-state index < -0.39 is 6.04 Å². The summed E-state index contributed by atoms with van der Waals surface area (Å²) < 4.78 is 5.44. The van der Waals surface area contributed by atoms with Crippen LogP contribution in [0.15, 0.2) is 42.5 Å². The van der Waals surface area contributed by atoms with Crippen molar-refractivity contribution in [3.63, 3.8) is 0 Å². The molecule has 2 aromatic carbocycles. The maximum atomic E-state index is 12.8. The van der Waals surface area contributed by atoms with Crippen LogP contribution in [0.4, 0.5) is 5.69 Å². The van der Waals surface area contributed by atoms with E-state index in [-0.39, 0.29) is 11.8 Å². The standard InChI is InChI=1S/C19H19ClN2O3/c1-3-25-15-7-4-13(5-8-15)11-22-17-9-6-14(20)10-16(17)18(19(22)24)21-12(2)23/h4-10,18H,3,11H2,1-2H3,(H,21,23)/t18-/m0/s1. The molecule has 6 heteroatoms. The third-order valence-electron chi connectivity index (χ3n) is 4.03. The van der Waals surface area contributed by atoms with Crippen LogP contribution in [0, 0.1) is 0 Å². The fourth-order valence-electron chi connectivity index (χ4n) is 2.96. The lowest BCUT2D eigenvalue weighted by atomic mass is 10.1. The van der Waals surface area contributed by atoms with Crippen LogP contribution in [-0.4, -0.2) is 18.4 Å². The number of nitrogens with one attached hydrogen (secondary N) is 1. The van der Waals surface area contributed by atoms with Crippen LogP contribution in [0.1, 0.15) is 31.0 Å². The zero-order chi connectivity index (χ0) is 18.0. The highest BCUT2D eigenvalue weighted by atomic mass is 35.5. The minimum Gasteiger partial charge on any atom is -0.494 e. The fourth-order valence-corrected chi connectivity index (χ4v) is 3.14. The SMILES string of the molecule is CCOc1ccc(CN2C(=O)[C@@H](NC(C)=O)c3cc(Cl)ccc32)cc1. The predicted octanol–water partition coefficient (Wildman–Crippen LogP) is 3.46. The van der Waals surface area contributed by atoms with Gasteiger partial charge in [0.1, 0.15) is 11.8 Å². The van der Waals surface area contributed by atoms with Crippen molar-refractivity contribution >= 4 is 29.1 Å². The lowest BCUT2D eigenvalue weighted by Crippen LogP contribution is -2.36. The summed E-state index contributed by atoms with van der Waals surface area (Å²) in [6.45, 7) is 4.35. The Kier molecular flexibility index (Phi) is 4.95. The molecule has 5 nitrogen and oxygen atoms in total. The van der Waals surface area contributed by atoms with Crippen molar-refractivity contribution in [2.75, 3.05) is 11.5 Å². The van der Waals surface area contributed by atoms with Crippen molar-refractivity contribution in [1.29, 1.82) is 0 Å². The molecule has 0 fully saturated rings. The number of rotatable bonds is 5. The van der Waals surface area contributed by atoms with E-state index in [9.17, 15) is 9.59 Å². The Bertz CT molecular complexity index is 805. The average molecular weight is 359 g/mol. The number of nitrogens with zero attached hydrogens (tertiary/aromatic N) is 1. The van der Waals surface area contributed by atoms with Gasteiger partial charge >= 0.3 is 0 Å². The number of hydrogen-bond acceptors (Lipinski definition) is 3. The highest BCUT2D eigenvalue weighted by molar-refractivity contribution is 6.31. The number of amides is 2. The summed E-state index contributed by atoms with van der Waals surface area (Å²) in [5.41, 5.74) is 2.46. The van der Waals surface area contributed by atoms with Crippen LogP contribution in [0.2, 0.25) is 5.02 Å². The molecule has 0 spiro atoms. The first kappa shape index (κ1) is 17.3. The quantitative estimate of drug-likeness (QED) is 0.890. The van der Waals surface area contributed by atoms with Crippen molar-refractivity contribution in [1.82, 2.24) is 5.32 Å². The van der Waals surface area contributed by atoms with E-state index in [4.69, 9.17) is 16.3 Å². The van der Waals surface area contributed by atoms with Crippen molar-refractivity contribution in [2.45, 2.75) is 26.4 Å². The first-order valence-corrected chi connectivity index (χ1v) is 8.47. The highest BCUT2D eigenvalue weighted by Gasteiger charge is 2.37. The number of carbonyl (C=O) groups is 2. The zero-order valence-electron chi connectivity index (χ0n) is 14.1. The summed E-state index contributed by atoms with van der Waals surface area (Å²) in [6.07, 6.45) is 0. The van der Waals surface area contributed by atoms with Gasteiger partial charge in [-0.05, 0) is 42.8 Å². The number of carbonyl (C=O) groups excluding carboxylic acids is 2. The van der Waals surface area contributed by atoms with E-state index in [0.29, 0.717) is 18.2 Å². The van der Waals surface area contributed by atoms with Crippen LogP contribution in [0.5, 0.6) is 5.75 Å². The molecule has 0 aromatic heterocycles. The molecule has 1 aliphatic rings. The van der Waals surface area contributed by atoms with Gasteiger partial charge in [-0.2, -0.15) is 0 Å². The molecule has 0 unspecified atom stereocenters. The molecule has 130 valence electrons. The van der Waals surface area contributed by atoms with Gasteiger partial charge in [0.2, 0.25) is 5.91 Å². The largest absolute Gasteiger partial charge is 0.494 e. The Balaban J connectivity index is 1.88. The van der Waals surface area contributed by atoms with Crippen LogP contribution in [0.25, 0.3) is 0 Å². The van der Waals surface area contributed by atoms with Gasteiger partial charge in [-0.3, -0.25) is 9.59 Å². The monoisotopic (exact) mass is 358 g/mol. The molecule has 0 saturated heterocycles. The van der Waals surface area contributed by atoms with E-state index >= 15 is 0 Å². The highest BCUT2D eigenvalue weighted by Crippen LogP contribution is 2.38. The third kappa shape index (κ3) is 3.61. The van der Waals surface area contributed by atoms with Crippen LogP contribution >= 0.6 is 11.6 Å². The molecule has 0 aliphatic carbocycles. The molecule has 0 radical (unpaired) electrons. The van der Waals surface area contributed by atoms with E-state index in [1.165, 1.54) is 6.92 Å². The van der Waals surface area contributed by atoms with Gasteiger partial charge in [-0.15, -0.1) is 0 Å². The van der Waals surface area contributed by atoms with Crippen LogP contribution in [-0.2, 0) is 16.1 Å². The first-order valence-electron chi connectivity index (χ1n) is 8.09. The summed E-state index contributed by atoms with van der Waals surface area (Å²) >= 11 is 6.07. The van der Waals surface area contributed by atoms with E-state index in [1.54, 1.807) is 17.0 Å². The van der Waals surface area contributed by atoms with Crippen molar-refractivity contribution < 1.29 is 14.3 Å². The van der Waals surface area contributed by atoms with E-state index in [0.717, 1.165) is 22.6 Å². The number of hydrogen-bond donors (Lipinski definition) is 1. The summed E-state index contributed by atoms with van der Waals surface area (Å²) in [6, 6.07) is 12.2. The molecule has 3 rings (SSSR count). The van der Waals surface area contributed by atoms with Crippen LogP contribution < -0.4 is 15.0 Å². The number of anilines is 1. The zero-order valence-corrected chi connectivity index (χ0v) is 14.8. The second-order valence-corrected chi connectivity index (χ2v) is 6.27. The minimum absolute atomic E-state index is 0.165. The number of benzene rings is 2. The van der Waals surface area contributed by atoms with Crippen molar-refractivity contribution in [3.05, 3.63) is 58.6 Å². The van der Waals surface area contributed by atoms with Gasteiger partial charge in [0.15, 0.2) is 0 Å². The fraction of sp³-hybridized carbons (Fsp3) is 0.263. The third-order valence-corrected chi connectivity index (χ3v) is 4.26. The summed E-state index contributed by atoms with van der Waals surface area (Å²) in [4.78, 5) is 26.0. The van der Waals surface area contributed by atoms with Crippen LogP contribution in [0.3, 0.4) is 0 Å². The first-order chi connectivity index (χ1) is 12.0. The lowest BCUT2D eigenvalue weighted by Gasteiger charge is -2.18. The Morgan fingerprint density at radius 1 is 1.24 bits per heavy atom. The number of fused-ring (bicyclic) bond motifs is 1. The van der Waals surface area contributed by atoms with Gasteiger partial charge in [0, 0.05) is 23.2 Å². The van der Waals surface area contributed by atoms with Gasteiger partial charge in [0.25, 0.3) is 5.91 Å². The van der Waals surface area contributed by atoms with Gasteiger partial charge in [-0.25, -0.2) is 0 Å². The Morgan fingerprint density at radius 3 is 2.60 bits per heavy atom. The summed E-state index contributed by atoms with van der Waals surface area (Å²) in [5, 5.41) is 3.24. The Labute approximate surface area is 151 Å². The van der Waals surface area contributed by atoms with Crippen molar-refractivity contribution in [3.8, 4) is 5.75 Å². The van der Waals surface area contributed by atoms with Gasteiger partial charge < -0.3 is 15.0 Å². The van der Waals surface area contributed by atoms with Crippen molar-refractivity contribution in [2.24, 2.45) is 0 Å². The van der Waals surface area contributed by atoms with E-state index in [2.05, 4.69) is 5.32 Å². The molecular weight excluding hydrogens is 340 g/mol. The number of ether oxygens (including phenoxy) is 1. The minimum atomic E-state index is -0.700. The normalized spacial score (nSPS) is 15.9. The molecule has 1 atom stereocenters. The molecule has 1 heterocycles. The molecule has 2 amide bonds. The predicted molar refractivity (Wildman–Crippen MR) is 96.8 cm³/mol. The van der Waals surface area contributed by atoms with E-state index in [1.807, 2.05) is 37.3 Å². The maximum Gasteiger partial charge on any atom is 0.254 e. The number of halogens is 1. The molecular formula is C19H19ClN2O3. The topological polar surface area (TPSA) is 58.6 Å². The smallest absolute Gasteiger partial charge is 0.254 e. The summed E-state index contributed by atoms with van der Waals surface area (Å²) in [7, 11) is 0. The van der Waals surface area contributed by atoms with Gasteiger partial charge in [0.05, 0.1) is 13.2 Å². The summed E-state index contributed by atoms with van der Waals surface area (Å²) in [5.74, 6) is 0.371.